The molecule has 5 aliphatic rings. The van der Waals surface area contributed by atoms with E-state index in [9.17, 15) is 15.3 Å². The number of aliphatic hydroxyl groups is 3. The third-order valence-corrected chi connectivity index (χ3v) is 11.1. The Morgan fingerprint density at radius 2 is 1.92 bits per heavy atom. The molecule has 38 heavy (non-hydrogen) atoms. The first-order valence-electron chi connectivity index (χ1n) is 13.5. The second-order valence-corrected chi connectivity index (χ2v) is 12.9. The molecule has 3 unspecified atom stereocenters. The topological polar surface area (TPSA) is 86.1 Å². The number of fused-ring (bicyclic) bond motifs is 2. The van der Waals surface area contributed by atoms with Crippen LogP contribution in [0, 0.1) is 11.3 Å². The van der Waals surface area contributed by atoms with E-state index in [1.54, 1.807) is 6.20 Å². The van der Waals surface area contributed by atoms with E-state index in [0.717, 1.165) is 22.8 Å². The summed E-state index contributed by atoms with van der Waals surface area (Å²) in [6.07, 6.45) is 3.89. The van der Waals surface area contributed by atoms with Crippen LogP contribution >= 0.6 is 11.6 Å². The van der Waals surface area contributed by atoms with Crippen LogP contribution in [0.25, 0.3) is 16.3 Å². The summed E-state index contributed by atoms with van der Waals surface area (Å²) < 4.78 is 24.0. The molecule has 7 rings (SSSR count). The molecule has 8 heteroatoms. The number of ether oxygens (including phenoxy) is 1. The van der Waals surface area contributed by atoms with E-state index >= 15 is 4.39 Å². The Labute approximate surface area is 226 Å². The van der Waals surface area contributed by atoms with Crippen LogP contribution in [-0.4, -0.2) is 80.5 Å². The van der Waals surface area contributed by atoms with Gasteiger partial charge in [0.05, 0.1) is 11.7 Å². The number of pyridine rings is 1. The summed E-state index contributed by atoms with van der Waals surface area (Å²) in [5.41, 5.74) is -2.05. The fourth-order valence-corrected chi connectivity index (χ4v) is 9.07. The van der Waals surface area contributed by atoms with Crippen molar-refractivity contribution in [3.05, 3.63) is 58.9 Å². The highest BCUT2D eigenvalue weighted by atomic mass is 35.5. The minimum absolute atomic E-state index is 0.0158. The Balaban J connectivity index is 1.31. The molecule has 2 aliphatic heterocycles. The van der Waals surface area contributed by atoms with Crippen molar-refractivity contribution in [1.82, 2.24) is 9.88 Å². The van der Waals surface area contributed by atoms with Gasteiger partial charge in [0.25, 0.3) is 0 Å². The SMILES string of the molecule is CN(C)[C@H]1C[C@@]23CC[C@@]4(O2)C(=CC[C@]2(C)C(c5ccc6c(Cl)nccc6c5)=CCC24)C(O)C3(F)[C@@H](O)[C@@H]1O. The van der Waals surface area contributed by atoms with Crippen LogP contribution in [0.1, 0.15) is 44.6 Å². The second kappa shape index (κ2) is 7.87. The number of allylic oxidation sites excluding steroid dienone is 3. The van der Waals surface area contributed by atoms with E-state index in [-0.39, 0.29) is 17.8 Å². The number of aliphatic hydroxyl groups excluding tert-OH is 3. The molecule has 3 fully saturated rings. The van der Waals surface area contributed by atoms with Crippen LogP contribution in [0.2, 0.25) is 5.15 Å². The first-order chi connectivity index (χ1) is 18.0. The van der Waals surface area contributed by atoms with Gasteiger partial charge in [-0.2, -0.15) is 0 Å². The Kier molecular flexibility index (Phi) is 5.20. The number of hydrogen-bond acceptors (Lipinski definition) is 6. The summed E-state index contributed by atoms with van der Waals surface area (Å²) >= 11 is 6.31. The largest absolute Gasteiger partial charge is 0.389 e. The van der Waals surface area contributed by atoms with Crippen molar-refractivity contribution >= 4 is 27.9 Å². The van der Waals surface area contributed by atoms with Gasteiger partial charge in [-0.15, -0.1) is 0 Å². The van der Waals surface area contributed by atoms with Crippen molar-refractivity contribution in [3.8, 4) is 0 Å². The molecule has 1 saturated carbocycles. The molecule has 0 radical (unpaired) electrons. The molecule has 3 aliphatic carbocycles. The fourth-order valence-electron chi connectivity index (χ4n) is 8.84. The average Bonchev–Trinajstić information content (AvgIpc) is 3.43. The van der Waals surface area contributed by atoms with Crippen molar-refractivity contribution in [2.45, 2.75) is 80.3 Å². The molecule has 202 valence electrons. The third-order valence-electron chi connectivity index (χ3n) is 10.8. The summed E-state index contributed by atoms with van der Waals surface area (Å²) in [7, 11) is 3.63. The summed E-state index contributed by atoms with van der Waals surface area (Å²) in [6, 6.07) is 7.74. The van der Waals surface area contributed by atoms with Gasteiger partial charge >= 0.3 is 0 Å². The minimum Gasteiger partial charge on any atom is -0.389 e. The maximum Gasteiger partial charge on any atom is 0.197 e. The monoisotopic (exact) mass is 540 g/mol. The van der Waals surface area contributed by atoms with Crippen LogP contribution in [0.4, 0.5) is 4.39 Å². The average molecular weight is 541 g/mol. The van der Waals surface area contributed by atoms with Crippen LogP contribution in [0.3, 0.4) is 0 Å². The van der Waals surface area contributed by atoms with Crippen LogP contribution in [-0.2, 0) is 4.74 Å². The fraction of sp³-hybridized carbons (Fsp3) is 0.567. The van der Waals surface area contributed by atoms with Crippen molar-refractivity contribution in [3.63, 3.8) is 0 Å². The second-order valence-electron chi connectivity index (χ2n) is 12.6. The molecule has 2 aromatic rings. The zero-order valence-corrected chi connectivity index (χ0v) is 22.6. The highest BCUT2D eigenvalue weighted by Gasteiger charge is 2.79. The highest BCUT2D eigenvalue weighted by molar-refractivity contribution is 6.34. The lowest BCUT2D eigenvalue weighted by atomic mass is 9.55. The van der Waals surface area contributed by atoms with Crippen LogP contribution in [0.5, 0.6) is 0 Å². The van der Waals surface area contributed by atoms with E-state index in [1.807, 2.05) is 37.2 Å². The predicted octanol–water partition coefficient (Wildman–Crippen LogP) is 4.05. The number of nitrogens with zero attached hydrogens (tertiary/aromatic N) is 2. The zero-order chi connectivity index (χ0) is 26.8. The standard InChI is InChI=1S/C30H34ClFN2O4/c1-27-10-8-20-24(36)30(32)25(37)23(35)21(34(2)3)15-28(30)11-12-29(20,38-28)22(27)7-6-19(27)17-4-5-18-16(14-17)9-13-33-26(18)31/h4-6,8-9,13-14,21-25,35-37H,7,10-12,15H2,1-3H3/t21-,22?,23+,24?,25-,27+,28+,29+,30?/m0/s1. The number of halogens is 2. The predicted molar refractivity (Wildman–Crippen MR) is 143 cm³/mol. The van der Waals surface area contributed by atoms with Gasteiger partial charge < -0.3 is 25.0 Å². The number of hydrogen-bond donors (Lipinski definition) is 3. The normalized spacial score (nSPS) is 45.4. The number of rotatable bonds is 2. The molecule has 2 spiro atoms. The lowest BCUT2D eigenvalue weighted by Crippen LogP contribution is -2.78. The molecule has 6 nitrogen and oxygen atoms in total. The molecule has 3 N–H and O–H groups in total. The lowest BCUT2D eigenvalue weighted by molar-refractivity contribution is -0.308. The number of aromatic nitrogens is 1. The molecule has 9 atom stereocenters. The first kappa shape index (κ1) is 25.1. The molecule has 2 saturated heterocycles. The zero-order valence-electron chi connectivity index (χ0n) is 21.9. The number of likely N-dealkylation sites (N-methyl/N-ethyl adjacent to an activating group) is 1. The van der Waals surface area contributed by atoms with E-state index < -0.39 is 41.2 Å². The first-order valence-corrected chi connectivity index (χ1v) is 13.9. The summed E-state index contributed by atoms with van der Waals surface area (Å²) in [5, 5.41) is 36.0. The van der Waals surface area contributed by atoms with Gasteiger partial charge in [-0.25, -0.2) is 9.37 Å². The van der Waals surface area contributed by atoms with Gasteiger partial charge in [0.2, 0.25) is 0 Å². The molecule has 3 heterocycles. The highest BCUT2D eigenvalue weighted by Crippen LogP contribution is 2.70. The van der Waals surface area contributed by atoms with E-state index in [0.29, 0.717) is 30.0 Å². The molecule has 1 aromatic heterocycles. The number of benzene rings is 1. The molecular formula is C30H34ClFN2O4. The summed E-state index contributed by atoms with van der Waals surface area (Å²) in [6.45, 7) is 2.25. The van der Waals surface area contributed by atoms with Gasteiger partial charge in [0.1, 0.15) is 23.0 Å². The van der Waals surface area contributed by atoms with E-state index in [2.05, 4.69) is 30.1 Å². The van der Waals surface area contributed by atoms with Gasteiger partial charge in [0.15, 0.2) is 5.67 Å². The minimum atomic E-state index is -2.47. The van der Waals surface area contributed by atoms with Crippen LogP contribution in [0.15, 0.2) is 48.2 Å². The molecule has 0 amide bonds. The van der Waals surface area contributed by atoms with Gasteiger partial charge in [-0.05, 0) is 80.4 Å². The van der Waals surface area contributed by atoms with Gasteiger partial charge in [-0.1, -0.05) is 42.8 Å². The van der Waals surface area contributed by atoms with Crippen LogP contribution < -0.4 is 0 Å². The smallest absolute Gasteiger partial charge is 0.197 e. The van der Waals surface area contributed by atoms with Crippen molar-refractivity contribution in [1.29, 1.82) is 0 Å². The Morgan fingerprint density at radius 1 is 1.13 bits per heavy atom. The van der Waals surface area contributed by atoms with Gasteiger partial charge in [0, 0.05) is 29.0 Å². The Bertz CT molecular complexity index is 1410. The summed E-state index contributed by atoms with van der Waals surface area (Å²) in [5.74, 6) is 0.0158. The van der Waals surface area contributed by atoms with E-state index in [1.165, 1.54) is 5.57 Å². The maximum atomic E-state index is 17.0. The quantitative estimate of drug-likeness (QED) is 0.393. The maximum absolute atomic E-state index is 17.0. The summed E-state index contributed by atoms with van der Waals surface area (Å²) in [4.78, 5) is 6.01. The lowest BCUT2D eigenvalue weighted by Gasteiger charge is -2.62. The van der Waals surface area contributed by atoms with E-state index in [4.69, 9.17) is 16.3 Å². The molecule has 1 aromatic carbocycles. The number of alkyl halides is 1. The Morgan fingerprint density at radius 3 is 2.68 bits per heavy atom. The van der Waals surface area contributed by atoms with Crippen molar-refractivity contribution in [2.75, 3.05) is 14.1 Å². The molecule has 2 bridgehead atoms. The third kappa shape index (κ3) is 2.83. The van der Waals surface area contributed by atoms with Crippen molar-refractivity contribution in [2.24, 2.45) is 11.3 Å². The van der Waals surface area contributed by atoms with Gasteiger partial charge in [-0.3, -0.25) is 0 Å². The van der Waals surface area contributed by atoms with Crippen molar-refractivity contribution < 1.29 is 24.4 Å². The Hall–Kier alpha value is -1.87. The molecular weight excluding hydrogens is 507 g/mol.